The van der Waals surface area contributed by atoms with E-state index in [1.165, 1.54) is 0 Å². The maximum atomic E-state index is 13.2. The van der Waals surface area contributed by atoms with Crippen molar-refractivity contribution in [2.24, 2.45) is 0 Å². The molecule has 0 atom stereocenters. The molecule has 0 aromatic heterocycles. The van der Waals surface area contributed by atoms with Crippen LogP contribution >= 0.6 is 7.37 Å². The largest absolute Gasteiger partial charge is 0.291 e. The summed E-state index contributed by atoms with van der Waals surface area (Å²) >= 11 is 0. The van der Waals surface area contributed by atoms with Gasteiger partial charge in [-0.2, -0.15) is 4.67 Å². The number of benzene rings is 2. The predicted octanol–water partition coefficient (Wildman–Crippen LogP) is 3.66. The van der Waals surface area contributed by atoms with Crippen LogP contribution in [0.3, 0.4) is 0 Å². The summed E-state index contributed by atoms with van der Waals surface area (Å²) in [6.07, 6.45) is 1.88. The molecule has 0 radical (unpaired) electrons. The summed E-state index contributed by atoms with van der Waals surface area (Å²) in [4.78, 5) is 5.18. The van der Waals surface area contributed by atoms with E-state index in [2.05, 4.69) is 6.92 Å². The van der Waals surface area contributed by atoms with Crippen LogP contribution in [-0.4, -0.2) is 6.61 Å². The highest BCUT2D eigenvalue weighted by Crippen LogP contribution is 2.44. The highest BCUT2D eigenvalue weighted by Gasteiger charge is 2.29. The van der Waals surface area contributed by atoms with Gasteiger partial charge in [0.15, 0.2) is 0 Å². The van der Waals surface area contributed by atoms with Crippen molar-refractivity contribution in [2.75, 3.05) is 6.61 Å². The molecular weight excluding hydrogens is 271 g/mol. The molecule has 4 heteroatoms. The molecule has 106 valence electrons. The SMILES string of the molecule is CCCCOOP(=O)(c1ccccc1)c1ccccc1. The second-order valence-corrected chi connectivity index (χ2v) is 6.76. The molecule has 0 aliphatic carbocycles. The highest BCUT2D eigenvalue weighted by atomic mass is 31.2. The molecule has 0 aliphatic rings. The van der Waals surface area contributed by atoms with E-state index in [1.807, 2.05) is 36.4 Å². The van der Waals surface area contributed by atoms with Gasteiger partial charge in [-0.05, 0) is 30.7 Å². The number of hydrogen-bond acceptors (Lipinski definition) is 3. The van der Waals surface area contributed by atoms with Crippen molar-refractivity contribution in [3.63, 3.8) is 0 Å². The first kappa shape index (κ1) is 15.0. The van der Waals surface area contributed by atoms with Crippen LogP contribution in [0.1, 0.15) is 19.8 Å². The summed E-state index contributed by atoms with van der Waals surface area (Å²) in [5.41, 5.74) is 0. The quantitative estimate of drug-likeness (QED) is 0.338. The Morgan fingerprint density at radius 3 is 1.85 bits per heavy atom. The normalized spacial score (nSPS) is 11.4. The molecule has 0 saturated heterocycles. The highest BCUT2D eigenvalue weighted by molar-refractivity contribution is 7.74. The van der Waals surface area contributed by atoms with E-state index in [1.54, 1.807) is 24.3 Å². The maximum absolute atomic E-state index is 13.2. The van der Waals surface area contributed by atoms with E-state index in [9.17, 15) is 4.57 Å². The zero-order valence-electron chi connectivity index (χ0n) is 11.6. The fraction of sp³-hybridized carbons (Fsp3) is 0.250. The van der Waals surface area contributed by atoms with Crippen LogP contribution in [0.15, 0.2) is 60.7 Å². The average molecular weight is 290 g/mol. The lowest BCUT2D eigenvalue weighted by molar-refractivity contribution is -0.203. The summed E-state index contributed by atoms with van der Waals surface area (Å²) in [5.74, 6) is 0. The fourth-order valence-electron chi connectivity index (χ4n) is 1.80. The minimum Gasteiger partial charge on any atom is -0.280 e. The van der Waals surface area contributed by atoms with Crippen LogP contribution in [0.4, 0.5) is 0 Å². The van der Waals surface area contributed by atoms with Gasteiger partial charge in [-0.25, -0.2) is 4.89 Å². The molecule has 0 heterocycles. The second-order valence-electron chi connectivity index (χ2n) is 4.47. The lowest BCUT2D eigenvalue weighted by Crippen LogP contribution is -2.18. The van der Waals surface area contributed by atoms with E-state index < -0.39 is 7.37 Å². The summed E-state index contributed by atoms with van der Waals surface area (Å²) in [6.45, 7) is 2.51. The van der Waals surface area contributed by atoms with Crippen molar-refractivity contribution in [3.8, 4) is 0 Å². The van der Waals surface area contributed by atoms with Crippen molar-refractivity contribution in [1.29, 1.82) is 0 Å². The van der Waals surface area contributed by atoms with Crippen LogP contribution < -0.4 is 10.6 Å². The Bertz CT molecular complexity index is 511. The van der Waals surface area contributed by atoms with Crippen LogP contribution in [-0.2, 0) is 14.1 Å². The minimum atomic E-state index is -3.19. The Labute approximate surface area is 119 Å². The van der Waals surface area contributed by atoms with Crippen molar-refractivity contribution < 1.29 is 14.1 Å². The Balaban J connectivity index is 2.27. The zero-order chi connectivity index (χ0) is 14.3. The van der Waals surface area contributed by atoms with Crippen LogP contribution in [0.5, 0.6) is 0 Å². The second kappa shape index (κ2) is 7.39. The average Bonchev–Trinajstić information content (AvgIpc) is 2.53. The third kappa shape index (κ3) is 3.57. The van der Waals surface area contributed by atoms with Crippen LogP contribution in [0, 0.1) is 0 Å². The topological polar surface area (TPSA) is 35.5 Å². The van der Waals surface area contributed by atoms with Gasteiger partial charge in [0.2, 0.25) is 0 Å². The van der Waals surface area contributed by atoms with Crippen molar-refractivity contribution in [2.45, 2.75) is 19.8 Å². The van der Waals surface area contributed by atoms with Gasteiger partial charge in [-0.15, -0.1) is 0 Å². The van der Waals surface area contributed by atoms with E-state index >= 15 is 0 Å². The van der Waals surface area contributed by atoms with Crippen LogP contribution in [0.2, 0.25) is 0 Å². The summed E-state index contributed by atoms with van der Waals surface area (Å²) in [5, 5.41) is 1.28. The monoisotopic (exact) mass is 290 g/mol. The van der Waals surface area contributed by atoms with Gasteiger partial charge in [0, 0.05) is 10.6 Å². The van der Waals surface area contributed by atoms with Crippen molar-refractivity contribution in [1.82, 2.24) is 0 Å². The molecule has 2 rings (SSSR count). The summed E-state index contributed by atoms with van der Waals surface area (Å²) < 4.78 is 18.6. The number of rotatable bonds is 7. The maximum Gasteiger partial charge on any atom is 0.291 e. The van der Waals surface area contributed by atoms with Gasteiger partial charge in [-0.3, -0.25) is 4.57 Å². The van der Waals surface area contributed by atoms with Gasteiger partial charge in [0.25, 0.3) is 7.37 Å². The third-order valence-electron chi connectivity index (χ3n) is 2.93. The Morgan fingerprint density at radius 1 is 0.900 bits per heavy atom. The molecule has 0 saturated carbocycles. The molecule has 2 aromatic rings. The number of hydrogen-bond donors (Lipinski definition) is 0. The first-order valence-corrected chi connectivity index (χ1v) is 8.42. The third-order valence-corrected chi connectivity index (χ3v) is 5.20. The van der Waals surface area contributed by atoms with Gasteiger partial charge < -0.3 is 0 Å². The molecule has 0 fully saturated rings. The molecule has 0 aliphatic heterocycles. The molecule has 20 heavy (non-hydrogen) atoms. The minimum absolute atomic E-state index is 0.445. The van der Waals surface area contributed by atoms with Gasteiger partial charge >= 0.3 is 0 Å². The van der Waals surface area contributed by atoms with Crippen molar-refractivity contribution in [3.05, 3.63) is 60.7 Å². The Hall–Kier alpha value is -1.41. The van der Waals surface area contributed by atoms with Crippen molar-refractivity contribution >= 4 is 18.0 Å². The molecule has 0 unspecified atom stereocenters. The molecule has 0 N–H and O–H groups in total. The Morgan fingerprint density at radius 2 is 1.40 bits per heavy atom. The van der Waals surface area contributed by atoms with Gasteiger partial charge in [0.1, 0.15) is 0 Å². The smallest absolute Gasteiger partial charge is 0.280 e. The first-order chi connectivity index (χ1) is 9.77. The molecule has 2 aromatic carbocycles. The standard InChI is InChI=1S/C16H19O3P/c1-2-3-14-18-19-20(17,15-10-6-4-7-11-15)16-12-8-5-9-13-16/h4-13H,2-3,14H2,1H3. The lowest BCUT2D eigenvalue weighted by atomic mass is 10.4. The first-order valence-electron chi connectivity index (χ1n) is 6.80. The zero-order valence-corrected chi connectivity index (χ0v) is 12.5. The summed E-state index contributed by atoms with van der Waals surface area (Å²) in [7, 11) is -3.19. The van der Waals surface area contributed by atoms with E-state index in [-0.39, 0.29) is 0 Å². The number of unbranched alkanes of at least 4 members (excludes halogenated alkanes) is 1. The lowest BCUT2D eigenvalue weighted by Gasteiger charge is -2.17. The van der Waals surface area contributed by atoms with Gasteiger partial charge in [0.05, 0.1) is 6.61 Å². The fourth-order valence-corrected chi connectivity index (χ4v) is 3.62. The van der Waals surface area contributed by atoms with E-state index in [0.717, 1.165) is 12.8 Å². The van der Waals surface area contributed by atoms with Gasteiger partial charge in [-0.1, -0.05) is 49.7 Å². The van der Waals surface area contributed by atoms with Crippen LogP contribution in [0.25, 0.3) is 0 Å². The summed E-state index contributed by atoms with van der Waals surface area (Å²) in [6, 6.07) is 18.4. The van der Waals surface area contributed by atoms with E-state index in [4.69, 9.17) is 9.56 Å². The Kier molecular flexibility index (Phi) is 5.54. The van der Waals surface area contributed by atoms with E-state index in [0.29, 0.717) is 17.2 Å². The molecule has 0 amide bonds. The molecule has 0 bridgehead atoms. The predicted molar refractivity (Wildman–Crippen MR) is 81.7 cm³/mol. The molecule has 3 nitrogen and oxygen atoms in total. The molecular formula is C16H19O3P. The molecule has 0 spiro atoms.